The van der Waals surface area contributed by atoms with E-state index in [1.54, 1.807) is 10.7 Å². The maximum atomic E-state index is 12.2. The first-order valence-corrected chi connectivity index (χ1v) is 4.75. The second-order valence-corrected chi connectivity index (χ2v) is 3.67. The molecule has 0 radical (unpaired) electrons. The predicted molar refractivity (Wildman–Crippen MR) is 48.4 cm³/mol. The second-order valence-electron chi connectivity index (χ2n) is 2.63. The summed E-state index contributed by atoms with van der Waals surface area (Å²) in [5, 5.41) is 4.45. The van der Waals surface area contributed by atoms with Gasteiger partial charge in [-0.1, -0.05) is 11.3 Å². The maximum Gasteiger partial charge on any atom is 0.212 e. The standard InChI is InChI=1S/C7H9FN4S/c8-3-6-11-12-4-5(1-2-9)10-7(12)13-6/h4H,1-3,9H2. The van der Waals surface area contributed by atoms with Gasteiger partial charge in [-0.05, 0) is 6.54 Å². The van der Waals surface area contributed by atoms with Crippen LogP contribution in [0.5, 0.6) is 0 Å². The summed E-state index contributed by atoms with van der Waals surface area (Å²) < 4.78 is 13.8. The molecular formula is C7H9FN4S. The molecule has 0 aliphatic heterocycles. The number of imidazole rings is 1. The molecule has 0 atom stereocenters. The van der Waals surface area contributed by atoms with Crippen LogP contribution in [0.1, 0.15) is 10.7 Å². The van der Waals surface area contributed by atoms with E-state index < -0.39 is 6.67 Å². The highest BCUT2D eigenvalue weighted by Gasteiger charge is 2.06. The van der Waals surface area contributed by atoms with Crippen LogP contribution in [0.3, 0.4) is 0 Å². The summed E-state index contributed by atoms with van der Waals surface area (Å²) in [5.74, 6) is 0. The Morgan fingerprint density at radius 1 is 1.62 bits per heavy atom. The van der Waals surface area contributed by atoms with Gasteiger partial charge in [-0.2, -0.15) is 5.10 Å². The smallest absolute Gasteiger partial charge is 0.212 e. The number of aromatic nitrogens is 3. The molecule has 0 fully saturated rings. The number of halogens is 1. The summed E-state index contributed by atoms with van der Waals surface area (Å²) in [6.45, 7) is 0.0427. The molecule has 70 valence electrons. The van der Waals surface area contributed by atoms with Crippen molar-refractivity contribution in [2.45, 2.75) is 13.1 Å². The Labute approximate surface area is 78.2 Å². The van der Waals surface area contributed by atoms with Gasteiger partial charge >= 0.3 is 0 Å². The van der Waals surface area contributed by atoms with Gasteiger partial charge in [0.05, 0.1) is 11.9 Å². The van der Waals surface area contributed by atoms with E-state index in [1.807, 2.05) is 0 Å². The first-order valence-electron chi connectivity index (χ1n) is 3.93. The summed E-state index contributed by atoms with van der Waals surface area (Å²) in [6.07, 6.45) is 2.53. The Bertz CT molecular complexity index is 376. The van der Waals surface area contributed by atoms with E-state index in [-0.39, 0.29) is 0 Å². The lowest BCUT2D eigenvalue weighted by Gasteiger charge is -1.86. The minimum absolute atomic E-state index is 0.460. The van der Waals surface area contributed by atoms with E-state index in [9.17, 15) is 4.39 Å². The molecule has 2 aromatic rings. The largest absolute Gasteiger partial charge is 0.330 e. The Hall–Kier alpha value is -1.01. The molecule has 2 rings (SSSR count). The zero-order valence-corrected chi connectivity index (χ0v) is 7.72. The molecule has 0 unspecified atom stereocenters. The van der Waals surface area contributed by atoms with E-state index in [1.165, 1.54) is 11.3 Å². The summed E-state index contributed by atoms with van der Waals surface area (Å²) in [7, 11) is 0. The van der Waals surface area contributed by atoms with Crippen LogP contribution >= 0.6 is 11.3 Å². The first kappa shape index (κ1) is 8.58. The van der Waals surface area contributed by atoms with Crippen molar-refractivity contribution in [3.63, 3.8) is 0 Å². The summed E-state index contributed by atoms with van der Waals surface area (Å²) in [6, 6.07) is 0. The minimum Gasteiger partial charge on any atom is -0.330 e. The van der Waals surface area contributed by atoms with Gasteiger partial charge in [-0.3, -0.25) is 0 Å². The monoisotopic (exact) mass is 200 g/mol. The van der Waals surface area contributed by atoms with Crippen LogP contribution in [0, 0.1) is 0 Å². The van der Waals surface area contributed by atoms with Crippen LogP contribution in [-0.4, -0.2) is 21.1 Å². The van der Waals surface area contributed by atoms with Gasteiger partial charge in [0, 0.05) is 6.42 Å². The molecular weight excluding hydrogens is 191 g/mol. The third-order valence-corrected chi connectivity index (χ3v) is 2.54. The second kappa shape index (κ2) is 3.39. The van der Waals surface area contributed by atoms with E-state index in [4.69, 9.17) is 5.73 Å². The van der Waals surface area contributed by atoms with Gasteiger partial charge in [-0.25, -0.2) is 13.9 Å². The highest BCUT2D eigenvalue weighted by atomic mass is 32.1. The fourth-order valence-electron chi connectivity index (χ4n) is 1.11. The SMILES string of the molecule is NCCc1cn2nc(CF)sc2n1. The maximum absolute atomic E-state index is 12.2. The molecule has 2 aromatic heterocycles. The van der Waals surface area contributed by atoms with Crippen molar-refractivity contribution in [2.24, 2.45) is 5.73 Å². The molecule has 0 aliphatic carbocycles. The lowest BCUT2D eigenvalue weighted by molar-refractivity contribution is 0.479. The van der Waals surface area contributed by atoms with Gasteiger partial charge in [0.15, 0.2) is 0 Å². The predicted octanol–water partition coefficient (Wildman–Crippen LogP) is 0.761. The molecule has 13 heavy (non-hydrogen) atoms. The van der Waals surface area contributed by atoms with Crippen LogP contribution < -0.4 is 5.73 Å². The number of nitrogens with zero attached hydrogens (tertiary/aromatic N) is 3. The molecule has 2 N–H and O–H groups in total. The van der Waals surface area contributed by atoms with Gasteiger partial charge in [0.2, 0.25) is 4.96 Å². The van der Waals surface area contributed by atoms with Crippen LogP contribution in [0.25, 0.3) is 4.96 Å². The van der Waals surface area contributed by atoms with Crippen molar-refractivity contribution in [2.75, 3.05) is 6.54 Å². The van der Waals surface area contributed by atoms with Crippen LogP contribution in [-0.2, 0) is 13.1 Å². The topological polar surface area (TPSA) is 56.2 Å². The van der Waals surface area contributed by atoms with Crippen molar-refractivity contribution in [3.05, 3.63) is 16.9 Å². The number of hydrogen-bond donors (Lipinski definition) is 1. The lowest BCUT2D eigenvalue weighted by Crippen LogP contribution is -2.02. The molecule has 0 saturated carbocycles. The van der Waals surface area contributed by atoms with Crippen molar-refractivity contribution in [1.82, 2.24) is 14.6 Å². The zero-order chi connectivity index (χ0) is 9.26. The lowest BCUT2D eigenvalue weighted by atomic mass is 10.3. The fourth-order valence-corrected chi connectivity index (χ4v) is 1.85. The van der Waals surface area contributed by atoms with E-state index in [0.717, 1.165) is 17.1 Å². The molecule has 0 aromatic carbocycles. The van der Waals surface area contributed by atoms with Crippen molar-refractivity contribution in [1.29, 1.82) is 0 Å². The Kier molecular flexibility index (Phi) is 2.24. The molecule has 0 amide bonds. The summed E-state index contributed by atoms with van der Waals surface area (Å²) in [4.78, 5) is 4.98. The Morgan fingerprint density at radius 3 is 3.08 bits per heavy atom. The number of alkyl halides is 1. The Morgan fingerprint density at radius 2 is 2.46 bits per heavy atom. The van der Waals surface area contributed by atoms with Gasteiger partial charge < -0.3 is 5.73 Å². The number of fused-ring (bicyclic) bond motifs is 1. The van der Waals surface area contributed by atoms with Crippen LogP contribution in [0.2, 0.25) is 0 Å². The van der Waals surface area contributed by atoms with Crippen molar-refractivity contribution < 1.29 is 4.39 Å². The quantitative estimate of drug-likeness (QED) is 0.795. The molecule has 6 heteroatoms. The Balaban J connectivity index is 2.36. The highest BCUT2D eigenvalue weighted by molar-refractivity contribution is 7.16. The summed E-state index contributed by atoms with van der Waals surface area (Å²) >= 11 is 1.27. The van der Waals surface area contributed by atoms with Crippen molar-refractivity contribution >= 4 is 16.3 Å². The van der Waals surface area contributed by atoms with Crippen LogP contribution in [0.4, 0.5) is 4.39 Å². The number of hydrogen-bond acceptors (Lipinski definition) is 4. The van der Waals surface area contributed by atoms with E-state index >= 15 is 0 Å². The average Bonchev–Trinajstić information content (AvgIpc) is 2.61. The third-order valence-electron chi connectivity index (χ3n) is 1.65. The van der Waals surface area contributed by atoms with Gasteiger partial charge in [0.1, 0.15) is 11.7 Å². The number of rotatable bonds is 3. The minimum atomic E-state index is -0.528. The highest BCUT2D eigenvalue weighted by Crippen LogP contribution is 2.15. The average molecular weight is 200 g/mol. The normalized spacial score (nSPS) is 11.2. The molecule has 2 heterocycles. The summed E-state index contributed by atoms with van der Waals surface area (Å²) in [5.41, 5.74) is 6.29. The molecule has 0 saturated heterocycles. The van der Waals surface area contributed by atoms with E-state index in [0.29, 0.717) is 11.6 Å². The zero-order valence-electron chi connectivity index (χ0n) is 6.90. The van der Waals surface area contributed by atoms with Crippen molar-refractivity contribution in [3.8, 4) is 0 Å². The first-order chi connectivity index (χ1) is 6.33. The molecule has 0 spiro atoms. The van der Waals surface area contributed by atoms with Crippen LogP contribution in [0.15, 0.2) is 6.20 Å². The molecule has 0 aliphatic rings. The van der Waals surface area contributed by atoms with E-state index in [2.05, 4.69) is 10.1 Å². The van der Waals surface area contributed by atoms with Gasteiger partial charge in [-0.15, -0.1) is 0 Å². The number of nitrogens with two attached hydrogens (primary N) is 1. The van der Waals surface area contributed by atoms with Gasteiger partial charge in [0.25, 0.3) is 0 Å². The fraction of sp³-hybridized carbons (Fsp3) is 0.429. The third kappa shape index (κ3) is 1.54. The molecule has 4 nitrogen and oxygen atoms in total. The molecule has 0 bridgehead atoms.